The van der Waals surface area contributed by atoms with Crippen LogP contribution in [0.25, 0.3) is 0 Å². The first-order valence-electron chi connectivity index (χ1n) is 3.43. The largest absolute Gasteiger partial charge is 0.508 e. The molecule has 72 valence electrons. The molecule has 0 unspecified atom stereocenters. The minimum atomic E-state index is -1.69. The average molecular weight is 188 g/mol. The van der Waals surface area contributed by atoms with Gasteiger partial charge in [0.2, 0.25) is 0 Å². The van der Waals surface area contributed by atoms with Crippen LogP contribution in [0.15, 0.2) is 11.8 Å². The van der Waals surface area contributed by atoms with Crippen molar-refractivity contribution in [3.05, 3.63) is 11.8 Å². The highest BCUT2D eigenvalue weighted by molar-refractivity contribution is 5.87. The monoisotopic (exact) mass is 188 g/mol. The number of esters is 2. The number of hydrogen-bond donors (Lipinski definition) is 2. The summed E-state index contributed by atoms with van der Waals surface area (Å²) in [5.41, 5.74) is 0. The van der Waals surface area contributed by atoms with Gasteiger partial charge < -0.3 is 19.7 Å². The zero-order chi connectivity index (χ0) is 10.0. The smallest absolute Gasteiger partial charge is 0.339 e. The summed E-state index contributed by atoms with van der Waals surface area (Å²) in [7, 11) is 1.07. The van der Waals surface area contributed by atoms with E-state index in [-0.39, 0.29) is 0 Å². The summed E-state index contributed by atoms with van der Waals surface area (Å²) in [6, 6.07) is 0. The van der Waals surface area contributed by atoms with E-state index in [0.717, 1.165) is 13.2 Å². The Balaban J connectivity index is 2.69. The summed E-state index contributed by atoms with van der Waals surface area (Å²) in [4.78, 5) is 21.3. The van der Waals surface area contributed by atoms with E-state index in [0.29, 0.717) is 0 Å². The second-order valence-corrected chi connectivity index (χ2v) is 2.39. The van der Waals surface area contributed by atoms with Gasteiger partial charge in [-0.15, -0.1) is 0 Å². The van der Waals surface area contributed by atoms with E-state index in [1.165, 1.54) is 0 Å². The number of methoxy groups -OCH3 is 1. The molecule has 1 aliphatic rings. The standard InChI is InChI=1S/C7H8O6/c1-12-7(11)5(10)6-3(8)2-4(9)13-6/h2,5-6,8,10H,1H3/t5-,6+/m1/s1. The number of rotatable bonds is 2. The molecule has 0 radical (unpaired) electrons. The van der Waals surface area contributed by atoms with Crippen LogP contribution in [0.4, 0.5) is 0 Å². The van der Waals surface area contributed by atoms with Crippen molar-refractivity contribution in [2.24, 2.45) is 0 Å². The van der Waals surface area contributed by atoms with E-state index in [1.807, 2.05) is 0 Å². The molecule has 0 aromatic carbocycles. The topological polar surface area (TPSA) is 93.1 Å². The summed E-state index contributed by atoms with van der Waals surface area (Å²) in [5, 5.41) is 18.2. The lowest BCUT2D eigenvalue weighted by molar-refractivity contribution is -0.161. The molecule has 2 atom stereocenters. The molecule has 0 aromatic heterocycles. The molecule has 0 aromatic rings. The van der Waals surface area contributed by atoms with Gasteiger partial charge in [0.1, 0.15) is 5.76 Å². The number of carbonyl (C=O) groups excluding carboxylic acids is 2. The fraction of sp³-hybridized carbons (Fsp3) is 0.429. The van der Waals surface area contributed by atoms with Gasteiger partial charge >= 0.3 is 11.9 Å². The summed E-state index contributed by atoms with van der Waals surface area (Å²) in [5.74, 6) is -2.26. The van der Waals surface area contributed by atoms with Crippen molar-refractivity contribution >= 4 is 11.9 Å². The highest BCUT2D eigenvalue weighted by atomic mass is 16.6. The van der Waals surface area contributed by atoms with Crippen LogP contribution in [0.5, 0.6) is 0 Å². The molecule has 6 nitrogen and oxygen atoms in total. The van der Waals surface area contributed by atoms with Gasteiger partial charge in [0.05, 0.1) is 13.2 Å². The van der Waals surface area contributed by atoms with E-state index < -0.39 is 29.9 Å². The van der Waals surface area contributed by atoms with Crippen LogP contribution in [0.1, 0.15) is 0 Å². The maximum atomic E-state index is 10.7. The number of aliphatic hydroxyl groups is 2. The number of cyclic esters (lactones) is 1. The number of ether oxygens (including phenoxy) is 2. The predicted octanol–water partition coefficient (Wildman–Crippen LogP) is -1.11. The van der Waals surface area contributed by atoms with Gasteiger partial charge in [-0.3, -0.25) is 0 Å². The van der Waals surface area contributed by atoms with Gasteiger partial charge in [-0.05, 0) is 0 Å². The lowest BCUT2D eigenvalue weighted by atomic mass is 10.2. The zero-order valence-corrected chi connectivity index (χ0v) is 6.76. The molecular weight excluding hydrogens is 180 g/mol. The molecule has 0 saturated heterocycles. The van der Waals surface area contributed by atoms with E-state index in [1.54, 1.807) is 0 Å². The lowest BCUT2D eigenvalue weighted by Gasteiger charge is -2.14. The van der Waals surface area contributed by atoms with Crippen LogP contribution < -0.4 is 0 Å². The predicted molar refractivity (Wildman–Crippen MR) is 38.6 cm³/mol. The molecule has 2 N–H and O–H groups in total. The summed E-state index contributed by atoms with van der Waals surface area (Å²) in [6.45, 7) is 0. The molecule has 1 aliphatic heterocycles. The third-order valence-electron chi connectivity index (χ3n) is 1.53. The van der Waals surface area contributed by atoms with Crippen LogP contribution in [0, 0.1) is 0 Å². The molecule has 0 amide bonds. The van der Waals surface area contributed by atoms with Gasteiger partial charge in [-0.2, -0.15) is 0 Å². The first-order valence-corrected chi connectivity index (χ1v) is 3.43. The Labute approximate surface area is 73.4 Å². The first-order chi connectivity index (χ1) is 6.06. The normalized spacial score (nSPS) is 23.4. The summed E-state index contributed by atoms with van der Waals surface area (Å²) >= 11 is 0. The van der Waals surface area contributed by atoms with Crippen molar-refractivity contribution in [2.45, 2.75) is 12.2 Å². The van der Waals surface area contributed by atoms with E-state index in [9.17, 15) is 9.59 Å². The molecule has 0 saturated carbocycles. The van der Waals surface area contributed by atoms with Gasteiger partial charge in [0, 0.05) is 0 Å². The zero-order valence-electron chi connectivity index (χ0n) is 6.76. The Bertz CT molecular complexity index is 268. The van der Waals surface area contributed by atoms with Crippen molar-refractivity contribution in [1.82, 2.24) is 0 Å². The van der Waals surface area contributed by atoms with E-state index in [2.05, 4.69) is 9.47 Å². The molecule has 0 fully saturated rings. The number of carbonyl (C=O) groups is 2. The van der Waals surface area contributed by atoms with Gasteiger partial charge in [0.15, 0.2) is 12.2 Å². The second kappa shape index (κ2) is 3.44. The third-order valence-corrected chi connectivity index (χ3v) is 1.53. The van der Waals surface area contributed by atoms with Crippen LogP contribution in [0.3, 0.4) is 0 Å². The second-order valence-electron chi connectivity index (χ2n) is 2.39. The SMILES string of the molecule is COC(=O)[C@H](O)[C@H]1OC(=O)C=C1O. The molecule has 0 bridgehead atoms. The van der Waals surface area contributed by atoms with Crippen molar-refractivity contribution in [3.63, 3.8) is 0 Å². The van der Waals surface area contributed by atoms with Crippen molar-refractivity contribution in [3.8, 4) is 0 Å². The molecular formula is C7H8O6. The van der Waals surface area contributed by atoms with E-state index in [4.69, 9.17) is 10.2 Å². The Hall–Kier alpha value is -1.56. The Kier molecular flexibility index (Phi) is 2.52. The average Bonchev–Trinajstić information content (AvgIpc) is 2.42. The molecule has 6 heteroatoms. The van der Waals surface area contributed by atoms with Crippen LogP contribution in [0.2, 0.25) is 0 Å². The van der Waals surface area contributed by atoms with Crippen LogP contribution >= 0.6 is 0 Å². The van der Waals surface area contributed by atoms with Crippen LogP contribution in [-0.2, 0) is 19.1 Å². The van der Waals surface area contributed by atoms with Crippen LogP contribution in [-0.4, -0.2) is 41.5 Å². The maximum absolute atomic E-state index is 10.7. The number of hydrogen-bond acceptors (Lipinski definition) is 6. The first kappa shape index (κ1) is 9.53. The highest BCUT2D eigenvalue weighted by Crippen LogP contribution is 2.16. The molecule has 1 rings (SSSR count). The minimum Gasteiger partial charge on any atom is -0.508 e. The molecule has 1 heterocycles. The highest BCUT2D eigenvalue weighted by Gasteiger charge is 2.37. The minimum absolute atomic E-state index is 0.483. The van der Waals surface area contributed by atoms with Gasteiger partial charge in [0.25, 0.3) is 0 Å². The van der Waals surface area contributed by atoms with Crippen molar-refractivity contribution in [1.29, 1.82) is 0 Å². The van der Waals surface area contributed by atoms with E-state index >= 15 is 0 Å². The van der Waals surface area contributed by atoms with Gasteiger partial charge in [-0.25, -0.2) is 9.59 Å². The quantitative estimate of drug-likeness (QED) is 0.533. The van der Waals surface area contributed by atoms with Crippen molar-refractivity contribution in [2.75, 3.05) is 7.11 Å². The molecule has 0 spiro atoms. The summed E-state index contributed by atoms with van der Waals surface area (Å²) in [6.07, 6.45) is -2.25. The molecule has 0 aliphatic carbocycles. The molecule has 13 heavy (non-hydrogen) atoms. The fourth-order valence-corrected chi connectivity index (χ4v) is 0.893. The Morgan fingerprint density at radius 1 is 1.77 bits per heavy atom. The summed E-state index contributed by atoms with van der Waals surface area (Å²) < 4.78 is 8.62. The number of aliphatic hydroxyl groups excluding tert-OH is 2. The Morgan fingerprint density at radius 3 is 2.77 bits per heavy atom. The Morgan fingerprint density at radius 2 is 2.38 bits per heavy atom. The van der Waals surface area contributed by atoms with Crippen molar-refractivity contribution < 1.29 is 29.3 Å². The lowest BCUT2D eigenvalue weighted by Crippen LogP contribution is -2.36. The van der Waals surface area contributed by atoms with Gasteiger partial charge in [-0.1, -0.05) is 0 Å². The maximum Gasteiger partial charge on any atom is 0.339 e. The third kappa shape index (κ3) is 1.78. The fourth-order valence-electron chi connectivity index (χ4n) is 0.893.